The van der Waals surface area contributed by atoms with Crippen LogP contribution in [0.15, 0.2) is 30.3 Å². The molecule has 0 aliphatic carbocycles. The summed E-state index contributed by atoms with van der Waals surface area (Å²) in [5.74, 6) is 0.553. The normalized spacial score (nSPS) is 11.9. The van der Waals surface area contributed by atoms with Crippen molar-refractivity contribution in [3.63, 3.8) is 0 Å². The second kappa shape index (κ2) is 9.37. The van der Waals surface area contributed by atoms with Gasteiger partial charge in [0.2, 0.25) is 5.91 Å². The van der Waals surface area contributed by atoms with Crippen LogP contribution in [0.1, 0.15) is 26.2 Å². The second-order valence-electron chi connectivity index (χ2n) is 5.34. The SMILES string of the molecule is CC(CN)CCC(=O)NCCCN(C)c1ccccc1. The highest BCUT2D eigenvalue weighted by atomic mass is 16.1. The summed E-state index contributed by atoms with van der Waals surface area (Å²) < 4.78 is 0. The number of amides is 1. The average molecular weight is 277 g/mol. The highest BCUT2D eigenvalue weighted by Crippen LogP contribution is 2.10. The molecule has 1 atom stereocenters. The highest BCUT2D eigenvalue weighted by Gasteiger charge is 2.05. The van der Waals surface area contributed by atoms with Gasteiger partial charge in [0.15, 0.2) is 0 Å². The van der Waals surface area contributed by atoms with Crippen LogP contribution in [0.2, 0.25) is 0 Å². The summed E-state index contributed by atoms with van der Waals surface area (Å²) in [6.45, 7) is 4.38. The molecule has 0 radical (unpaired) electrons. The molecular formula is C16H27N3O. The Kier molecular flexibility index (Phi) is 7.73. The lowest BCUT2D eigenvalue weighted by Crippen LogP contribution is -2.28. The zero-order valence-electron chi connectivity index (χ0n) is 12.6. The maximum atomic E-state index is 11.6. The standard InChI is InChI=1S/C16H27N3O/c1-14(13-17)9-10-16(20)18-11-6-12-19(2)15-7-4-3-5-8-15/h3-5,7-8,14H,6,9-13,17H2,1-2H3,(H,18,20). The number of hydrogen-bond acceptors (Lipinski definition) is 3. The molecule has 3 N–H and O–H groups in total. The van der Waals surface area contributed by atoms with Crippen LogP contribution in [0, 0.1) is 5.92 Å². The fourth-order valence-electron chi connectivity index (χ4n) is 1.94. The van der Waals surface area contributed by atoms with Gasteiger partial charge < -0.3 is 16.0 Å². The lowest BCUT2D eigenvalue weighted by atomic mass is 10.1. The van der Waals surface area contributed by atoms with Gasteiger partial charge >= 0.3 is 0 Å². The van der Waals surface area contributed by atoms with Crippen LogP contribution >= 0.6 is 0 Å². The number of hydrogen-bond donors (Lipinski definition) is 2. The number of rotatable bonds is 9. The van der Waals surface area contributed by atoms with Crippen LogP contribution in [0.4, 0.5) is 5.69 Å². The summed E-state index contributed by atoms with van der Waals surface area (Å²) in [7, 11) is 2.07. The molecule has 0 heterocycles. The molecule has 4 heteroatoms. The number of nitrogens with zero attached hydrogens (tertiary/aromatic N) is 1. The molecule has 4 nitrogen and oxygen atoms in total. The molecule has 0 saturated carbocycles. The van der Waals surface area contributed by atoms with Gasteiger partial charge in [0.05, 0.1) is 0 Å². The number of benzene rings is 1. The average Bonchev–Trinajstić information content (AvgIpc) is 2.49. The lowest BCUT2D eigenvalue weighted by molar-refractivity contribution is -0.121. The Morgan fingerprint density at radius 1 is 1.35 bits per heavy atom. The molecular weight excluding hydrogens is 250 g/mol. The molecule has 0 bridgehead atoms. The Balaban J connectivity index is 2.11. The van der Waals surface area contributed by atoms with Crippen molar-refractivity contribution in [2.24, 2.45) is 11.7 Å². The van der Waals surface area contributed by atoms with Crippen molar-refractivity contribution in [3.8, 4) is 0 Å². The highest BCUT2D eigenvalue weighted by molar-refractivity contribution is 5.75. The maximum absolute atomic E-state index is 11.6. The van der Waals surface area contributed by atoms with Gasteiger partial charge in [-0.05, 0) is 37.4 Å². The number of nitrogens with two attached hydrogens (primary N) is 1. The van der Waals surface area contributed by atoms with Gasteiger partial charge in [-0.25, -0.2) is 0 Å². The predicted octanol–water partition coefficient (Wildman–Crippen LogP) is 2.00. The number of para-hydroxylation sites is 1. The predicted molar refractivity (Wildman–Crippen MR) is 84.8 cm³/mol. The summed E-state index contributed by atoms with van der Waals surface area (Å²) in [5.41, 5.74) is 6.74. The maximum Gasteiger partial charge on any atom is 0.220 e. The van der Waals surface area contributed by atoms with Crippen molar-refractivity contribution in [1.82, 2.24) is 5.32 Å². The molecule has 0 aromatic heterocycles. The molecule has 1 aromatic carbocycles. The van der Waals surface area contributed by atoms with Crippen LogP contribution in [0.3, 0.4) is 0 Å². The third kappa shape index (κ3) is 6.57. The first-order chi connectivity index (χ1) is 9.63. The van der Waals surface area contributed by atoms with Gasteiger partial charge in [0.25, 0.3) is 0 Å². The topological polar surface area (TPSA) is 58.4 Å². The number of carbonyl (C=O) groups excluding carboxylic acids is 1. The fourth-order valence-corrected chi connectivity index (χ4v) is 1.94. The molecule has 1 amide bonds. The summed E-state index contributed by atoms with van der Waals surface area (Å²) in [6.07, 6.45) is 2.39. The van der Waals surface area contributed by atoms with Gasteiger partial charge in [0, 0.05) is 32.2 Å². The molecule has 1 aromatic rings. The number of anilines is 1. The summed E-state index contributed by atoms with van der Waals surface area (Å²) in [4.78, 5) is 13.8. The first-order valence-electron chi connectivity index (χ1n) is 7.36. The van der Waals surface area contributed by atoms with Crippen LogP contribution in [-0.4, -0.2) is 32.6 Å². The largest absolute Gasteiger partial charge is 0.375 e. The Bertz CT molecular complexity index is 381. The Morgan fingerprint density at radius 3 is 2.70 bits per heavy atom. The molecule has 0 fully saturated rings. The zero-order chi connectivity index (χ0) is 14.8. The second-order valence-corrected chi connectivity index (χ2v) is 5.34. The minimum Gasteiger partial charge on any atom is -0.375 e. The molecule has 1 unspecified atom stereocenters. The minimum absolute atomic E-state index is 0.132. The summed E-state index contributed by atoms with van der Waals surface area (Å²) in [6, 6.07) is 10.3. The zero-order valence-corrected chi connectivity index (χ0v) is 12.6. The third-order valence-electron chi connectivity index (χ3n) is 3.46. The molecule has 112 valence electrons. The number of carbonyl (C=O) groups is 1. The van der Waals surface area contributed by atoms with Crippen molar-refractivity contribution in [2.45, 2.75) is 26.2 Å². The van der Waals surface area contributed by atoms with Crippen LogP contribution in [0.5, 0.6) is 0 Å². The molecule has 0 spiro atoms. The molecule has 1 rings (SSSR count). The molecule has 20 heavy (non-hydrogen) atoms. The van der Waals surface area contributed by atoms with E-state index in [4.69, 9.17) is 5.73 Å². The van der Waals surface area contributed by atoms with E-state index in [0.29, 0.717) is 18.9 Å². The van der Waals surface area contributed by atoms with Gasteiger partial charge in [-0.15, -0.1) is 0 Å². The lowest BCUT2D eigenvalue weighted by Gasteiger charge is -2.19. The van der Waals surface area contributed by atoms with E-state index in [0.717, 1.165) is 25.9 Å². The van der Waals surface area contributed by atoms with Crippen LogP contribution < -0.4 is 16.0 Å². The van der Waals surface area contributed by atoms with Gasteiger partial charge in [-0.2, -0.15) is 0 Å². The first-order valence-corrected chi connectivity index (χ1v) is 7.36. The molecule has 0 aliphatic rings. The van der Waals surface area contributed by atoms with Crippen molar-refractivity contribution < 1.29 is 4.79 Å². The summed E-state index contributed by atoms with van der Waals surface area (Å²) in [5, 5.41) is 2.96. The van der Waals surface area contributed by atoms with Gasteiger partial charge in [0.1, 0.15) is 0 Å². The van der Waals surface area contributed by atoms with Crippen molar-refractivity contribution in [2.75, 3.05) is 31.6 Å². The molecule has 0 saturated heterocycles. The van der Waals surface area contributed by atoms with E-state index in [1.54, 1.807) is 0 Å². The minimum atomic E-state index is 0.132. The van der Waals surface area contributed by atoms with Crippen LogP contribution in [-0.2, 0) is 4.79 Å². The first kappa shape index (κ1) is 16.5. The van der Waals surface area contributed by atoms with E-state index in [1.165, 1.54) is 5.69 Å². The fraction of sp³-hybridized carbons (Fsp3) is 0.562. The third-order valence-corrected chi connectivity index (χ3v) is 3.46. The van der Waals surface area contributed by atoms with Crippen molar-refractivity contribution >= 4 is 11.6 Å². The van der Waals surface area contributed by atoms with E-state index in [1.807, 2.05) is 18.2 Å². The molecule has 0 aliphatic heterocycles. The Morgan fingerprint density at radius 2 is 2.05 bits per heavy atom. The van der Waals surface area contributed by atoms with Crippen molar-refractivity contribution in [3.05, 3.63) is 30.3 Å². The quantitative estimate of drug-likeness (QED) is 0.679. The van der Waals surface area contributed by atoms with Gasteiger partial charge in [-0.3, -0.25) is 4.79 Å². The van der Waals surface area contributed by atoms with E-state index in [9.17, 15) is 4.79 Å². The van der Waals surface area contributed by atoms with E-state index in [-0.39, 0.29) is 5.91 Å². The van der Waals surface area contributed by atoms with E-state index < -0.39 is 0 Å². The smallest absolute Gasteiger partial charge is 0.220 e. The van der Waals surface area contributed by atoms with Crippen LogP contribution in [0.25, 0.3) is 0 Å². The monoisotopic (exact) mass is 277 g/mol. The Hall–Kier alpha value is -1.55. The Labute approximate surface area is 122 Å². The van der Waals surface area contributed by atoms with Crippen molar-refractivity contribution in [1.29, 1.82) is 0 Å². The van der Waals surface area contributed by atoms with E-state index in [2.05, 4.69) is 36.3 Å². The van der Waals surface area contributed by atoms with Gasteiger partial charge in [-0.1, -0.05) is 25.1 Å². The number of nitrogens with one attached hydrogen (secondary N) is 1. The summed E-state index contributed by atoms with van der Waals surface area (Å²) >= 11 is 0. The van der Waals surface area contributed by atoms with E-state index >= 15 is 0 Å².